The molecule has 0 spiro atoms. The molecule has 0 aromatic heterocycles. The van der Waals surface area contributed by atoms with Crippen LogP contribution in [0.25, 0.3) is 0 Å². The van der Waals surface area contributed by atoms with Gasteiger partial charge in [0.25, 0.3) is 0 Å². The second-order valence-electron chi connectivity index (χ2n) is 12.7. The average molecular weight is 582 g/mol. The van der Waals surface area contributed by atoms with Crippen molar-refractivity contribution in [1.82, 2.24) is 0 Å². The minimum atomic E-state index is 0. The number of hydrogen-bond donors (Lipinski definition) is 0. The fourth-order valence-corrected chi connectivity index (χ4v) is 4.15. The average Bonchev–Trinajstić information content (AvgIpc) is 2.76. The van der Waals surface area contributed by atoms with Crippen LogP contribution in [-0.4, -0.2) is 70.9 Å². The number of rotatable bonds is 22. The van der Waals surface area contributed by atoms with Crippen molar-refractivity contribution in [3.8, 4) is 0 Å². The molecule has 0 saturated carbocycles. The van der Waals surface area contributed by atoms with Crippen LogP contribution in [0.3, 0.4) is 0 Å². The van der Waals surface area contributed by atoms with Crippen LogP contribution in [0.1, 0.15) is 149 Å². The smallest absolute Gasteiger partial charge is 0.0780 e. The predicted octanol–water partition coefficient (Wildman–Crippen LogP) is 5.60. The molecule has 0 aromatic rings. The molecule has 0 radical (unpaired) electrons. The maximum atomic E-state index is 8.93. The van der Waals surface area contributed by atoms with Crippen molar-refractivity contribution in [2.75, 3.05) is 62.0 Å². The van der Waals surface area contributed by atoms with Gasteiger partial charge < -0.3 is 31.1 Å². The monoisotopic (exact) mass is 580 g/mol. The number of nitrogens with zero attached hydrogens (tertiary/aromatic N) is 2. The van der Waals surface area contributed by atoms with Gasteiger partial charge in [-0.2, -0.15) is 0 Å². The van der Waals surface area contributed by atoms with Gasteiger partial charge in [0.1, 0.15) is 0 Å². The van der Waals surface area contributed by atoms with E-state index >= 15 is 0 Å². The lowest BCUT2D eigenvalue weighted by atomic mass is 10.1. The van der Waals surface area contributed by atoms with Gasteiger partial charge in [0.15, 0.2) is 0 Å². The SMILES string of the molecule is CCCCCCCCCCCC[N+](C)(C)C.CCCCCCCCCCCC[N+](C)(C)C.CC[O-].[Br-]. The zero-order valence-electron chi connectivity index (χ0n) is 26.9. The zero-order valence-corrected chi connectivity index (χ0v) is 28.5. The van der Waals surface area contributed by atoms with Crippen LogP contribution in [0, 0.1) is 0 Å². The molecular weight excluding hydrogens is 508 g/mol. The Bertz CT molecular complexity index is 330. The van der Waals surface area contributed by atoms with Crippen LogP contribution in [0.5, 0.6) is 0 Å². The first kappa shape index (κ1) is 43.4. The Kier molecular flexibility index (Phi) is 40.3. The maximum absolute atomic E-state index is 8.93. The topological polar surface area (TPSA) is 23.1 Å². The van der Waals surface area contributed by atoms with E-state index in [1.54, 1.807) is 6.92 Å². The molecule has 0 atom stereocenters. The van der Waals surface area contributed by atoms with E-state index in [-0.39, 0.29) is 23.6 Å². The van der Waals surface area contributed by atoms with Crippen molar-refractivity contribution >= 4 is 0 Å². The Balaban J connectivity index is -0.000000250. The van der Waals surface area contributed by atoms with Gasteiger partial charge in [0, 0.05) is 0 Å². The standard InChI is InChI=1S/2C15H34N.C2H5O.BrH/c2*1-5-6-7-8-9-10-11-12-13-14-15-16(2,3)4;1-2-3;/h2*5-15H2,1-4H3;2H2,1H3;1H/q2*+1;-1;/p-1. The van der Waals surface area contributed by atoms with Gasteiger partial charge in [0.05, 0.1) is 55.4 Å². The van der Waals surface area contributed by atoms with Crippen molar-refractivity contribution in [3.05, 3.63) is 0 Å². The summed E-state index contributed by atoms with van der Waals surface area (Å²) in [6.07, 6.45) is 28.8. The third-order valence-electron chi connectivity index (χ3n) is 6.36. The molecule has 0 aliphatic rings. The lowest BCUT2D eigenvalue weighted by molar-refractivity contribution is -0.870. The molecule has 0 aliphatic carbocycles. The van der Waals surface area contributed by atoms with Crippen LogP contribution in [-0.2, 0) is 0 Å². The molecule has 0 saturated heterocycles. The molecule has 0 amide bonds. The first-order valence-corrected chi connectivity index (χ1v) is 15.7. The van der Waals surface area contributed by atoms with Crippen LogP contribution in [0.4, 0.5) is 0 Å². The highest BCUT2D eigenvalue weighted by molar-refractivity contribution is 4.48. The van der Waals surface area contributed by atoms with Crippen LogP contribution < -0.4 is 22.1 Å². The predicted molar refractivity (Wildman–Crippen MR) is 160 cm³/mol. The summed E-state index contributed by atoms with van der Waals surface area (Å²) in [5.74, 6) is 0. The fraction of sp³-hybridized carbons (Fsp3) is 1.00. The van der Waals surface area contributed by atoms with E-state index in [2.05, 4.69) is 56.1 Å². The maximum Gasteiger partial charge on any atom is 0.0780 e. The highest BCUT2D eigenvalue weighted by Crippen LogP contribution is 2.12. The van der Waals surface area contributed by atoms with E-state index in [0.29, 0.717) is 0 Å². The molecule has 0 rings (SSSR count). The molecule has 0 aromatic carbocycles. The third kappa shape index (κ3) is 55.0. The number of halogens is 1. The van der Waals surface area contributed by atoms with Gasteiger partial charge in [0.2, 0.25) is 0 Å². The minimum Gasteiger partial charge on any atom is -1.00 e. The molecule has 0 bridgehead atoms. The molecule has 224 valence electrons. The van der Waals surface area contributed by atoms with E-state index in [1.807, 2.05) is 0 Å². The van der Waals surface area contributed by atoms with E-state index in [9.17, 15) is 0 Å². The number of unbranched alkanes of at least 4 members (excludes halogenated alkanes) is 18. The summed E-state index contributed by atoms with van der Waals surface area (Å²) < 4.78 is 2.24. The van der Waals surface area contributed by atoms with E-state index in [4.69, 9.17) is 5.11 Å². The Morgan fingerprint density at radius 2 is 0.528 bits per heavy atom. The van der Waals surface area contributed by atoms with Gasteiger partial charge in [-0.15, -0.1) is 6.61 Å². The molecule has 0 heterocycles. The molecular formula is C32H73BrN2O. The highest BCUT2D eigenvalue weighted by Gasteiger charge is 2.05. The number of quaternary nitrogens is 2. The van der Waals surface area contributed by atoms with Crippen LogP contribution >= 0.6 is 0 Å². The van der Waals surface area contributed by atoms with Crippen molar-refractivity contribution in [1.29, 1.82) is 0 Å². The van der Waals surface area contributed by atoms with E-state index in [0.717, 1.165) is 8.97 Å². The van der Waals surface area contributed by atoms with Gasteiger partial charge in [-0.1, -0.05) is 124 Å². The molecule has 0 fully saturated rings. The summed E-state index contributed by atoms with van der Waals surface area (Å²) in [6, 6.07) is 0. The molecule has 0 N–H and O–H groups in total. The Morgan fingerprint density at radius 3 is 0.694 bits per heavy atom. The number of hydrogen-bond acceptors (Lipinski definition) is 1. The van der Waals surface area contributed by atoms with E-state index in [1.165, 1.54) is 142 Å². The Labute approximate surface area is 241 Å². The summed E-state index contributed by atoms with van der Waals surface area (Å²) in [5.41, 5.74) is 0. The molecule has 0 unspecified atom stereocenters. The summed E-state index contributed by atoms with van der Waals surface area (Å²) in [4.78, 5) is 0. The first-order valence-electron chi connectivity index (χ1n) is 15.7. The molecule has 4 heteroatoms. The Hall–Kier alpha value is 0.360. The van der Waals surface area contributed by atoms with Crippen LogP contribution in [0.2, 0.25) is 0 Å². The minimum absolute atomic E-state index is 0. The lowest BCUT2D eigenvalue weighted by Crippen LogP contribution is -3.00. The van der Waals surface area contributed by atoms with E-state index < -0.39 is 0 Å². The summed E-state index contributed by atoms with van der Waals surface area (Å²) >= 11 is 0. The highest BCUT2D eigenvalue weighted by atomic mass is 79.9. The molecule has 3 nitrogen and oxygen atoms in total. The van der Waals surface area contributed by atoms with Crippen molar-refractivity contribution in [2.45, 2.75) is 149 Å². The Morgan fingerprint density at radius 1 is 0.361 bits per heavy atom. The second kappa shape index (κ2) is 33.4. The van der Waals surface area contributed by atoms with Gasteiger partial charge >= 0.3 is 0 Å². The van der Waals surface area contributed by atoms with Gasteiger partial charge in [-0.3, -0.25) is 0 Å². The van der Waals surface area contributed by atoms with Crippen molar-refractivity contribution in [2.24, 2.45) is 0 Å². The summed E-state index contributed by atoms with van der Waals surface area (Å²) in [7, 11) is 13.7. The third-order valence-corrected chi connectivity index (χ3v) is 6.36. The summed E-state index contributed by atoms with van der Waals surface area (Å²) in [6.45, 7) is 8.80. The lowest BCUT2D eigenvalue weighted by Gasteiger charge is -2.23. The zero-order chi connectivity index (χ0) is 27.3. The normalized spacial score (nSPS) is 11.2. The fourth-order valence-electron chi connectivity index (χ4n) is 4.15. The second-order valence-corrected chi connectivity index (χ2v) is 12.7. The molecule has 36 heavy (non-hydrogen) atoms. The van der Waals surface area contributed by atoms with Gasteiger partial charge in [-0.05, 0) is 25.7 Å². The van der Waals surface area contributed by atoms with Gasteiger partial charge in [-0.25, -0.2) is 0 Å². The largest absolute Gasteiger partial charge is 1.00 e. The van der Waals surface area contributed by atoms with Crippen LogP contribution in [0.15, 0.2) is 0 Å². The first-order chi connectivity index (χ1) is 16.5. The van der Waals surface area contributed by atoms with Crippen molar-refractivity contribution in [3.63, 3.8) is 0 Å². The quantitative estimate of drug-likeness (QED) is 0.121. The van der Waals surface area contributed by atoms with Crippen molar-refractivity contribution < 1.29 is 31.1 Å². The summed E-state index contributed by atoms with van der Waals surface area (Å²) in [5, 5.41) is 8.93. The molecule has 0 aliphatic heterocycles.